The van der Waals surface area contributed by atoms with E-state index in [1.54, 1.807) is 0 Å². The summed E-state index contributed by atoms with van der Waals surface area (Å²) in [4.78, 5) is 0. The average Bonchev–Trinajstić information content (AvgIpc) is 2.71. The van der Waals surface area contributed by atoms with Gasteiger partial charge >= 0.3 is 6.75 Å². The lowest BCUT2D eigenvalue weighted by Crippen LogP contribution is -2.45. The van der Waals surface area contributed by atoms with Crippen LogP contribution in [0.25, 0.3) is 0 Å². The summed E-state index contributed by atoms with van der Waals surface area (Å²) in [6, 6.07) is 0. The van der Waals surface area contributed by atoms with Crippen molar-refractivity contribution in [3.05, 3.63) is 11.2 Å². The maximum Gasteiger partial charge on any atom is 0.393 e. The summed E-state index contributed by atoms with van der Waals surface area (Å²) in [6.07, 6.45) is 2.03. The number of hydrogen-bond acceptors (Lipinski definition) is 4. The molecule has 26 heavy (non-hydrogen) atoms. The average molecular weight is 400 g/mol. The van der Waals surface area contributed by atoms with Crippen LogP contribution in [0.15, 0.2) is 11.2 Å². The van der Waals surface area contributed by atoms with Crippen molar-refractivity contribution in [3.8, 4) is 0 Å². The molecule has 0 amide bonds. The van der Waals surface area contributed by atoms with E-state index in [-0.39, 0.29) is 16.2 Å². The largest absolute Gasteiger partial charge is 0.583 e. The molecule has 1 spiro atoms. The minimum absolute atomic E-state index is 0.257. The smallest absolute Gasteiger partial charge is 0.393 e. The molecule has 0 unspecified atom stereocenters. The molecule has 0 atom stereocenters. The first-order valence-electron chi connectivity index (χ1n) is 10.0. The van der Waals surface area contributed by atoms with Gasteiger partial charge in [0.25, 0.3) is 0 Å². The van der Waals surface area contributed by atoms with Crippen molar-refractivity contribution >= 4 is 23.4 Å². The van der Waals surface area contributed by atoms with Gasteiger partial charge in [0.2, 0.25) is 0 Å². The Hall–Kier alpha value is 0.0787. The minimum atomic E-state index is -1.97. The lowest BCUT2D eigenvalue weighted by Gasteiger charge is -2.37. The van der Waals surface area contributed by atoms with Gasteiger partial charge in [-0.05, 0) is 71.8 Å². The Labute approximate surface area is 163 Å². The van der Waals surface area contributed by atoms with Crippen molar-refractivity contribution in [2.45, 2.75) is 104 Å². The Morgan fingerprint density at radius 2 is 1.58 bits per heavy atom. The molecular weight excluding hydrogens is 359 g/mol. The van der Waals surface area contributed by atoms with Gasteiger partial charge in [-0.3, -0.25) is 0 Å². The SMILES string of the molecule is CC1(C)O[B-]2(C=C(CCCO[Si](C)(C)C(C)(C)C)[Si](C)(C)O2)OC1(C)C. The monoisotopic (exact) mass is 399 g/mol. The van der Waals surface area contributed by atoms with Crippen LogP contribution in [0.5, 0.6) is 0 Å². The van der Waals surface area contributed by atoms with Crippen LogP contribution in [-0.2, 0) is 18.1 Å². The third kappa shape index (κ3) is 4.23. The second-order valence-electron chi connectivity index (χ2n) is 11.0. The van der Waals surface area contributed by atoms with Gasteiger partial charge in [-0.15, -0.1) is 0 Å². The van der Waals surface area contributed by atoms with E-state index in [9.17, 15) is 0 Å². The zero-order chi connectivity index (χ0) is 20.2. The highest BCUT2D eigenvalue weighted by atomic mass is 28.4. The summed E-state index contributed by atoms with van der Waals surface area (Å²) in [5.41, 5.74) is -0.732. The number of hydrogen-bond donors (Lipinski definition) is 0. The third-order valence-corrected chi connectivity index (χ3v) is 14.3. The van der Waals surface area contributed by atoms with E-state index in [0.29, 0.717) is 0 Å². The van der Waals surface area contributed by atoms with Gasteiger partial charge in [0.05, 0.1) is 0 Å². The lowest BCUT2D eigenvalue weighted by molar-refractivity contribution is 0.00578. The first kappa shape index (κ1) is 22.4. The topological polar surface area (TPSA) is 36.9 Å². The molecule has 152 valence electrons. The minimum Gasteiger partial charge on any atom is -0.583 e. The Morgan fingerprint density at radius 3 is 2.04 bits per heavy atom. The van der Waals surface area contributed by atoms with E-state index in [4.69, 9.17) is 18.1 Å². The van der Waals surface area contributed by atoms with E-state index in [0.717, 1.165) is 19.4 Å². The summed E-state index contributed by atoms with van der Waals surface area (Å²) in [5, 5.41) is 1.65. The molecule has 2 aliphatic heterocycles. The summed E-state index contributed by atoms with van der Waals surface area (Å²) in [7, 11) is -3.64. The normalized spacial score (nSPS) is 26.3. The Morgan fingerprint density at radius 1 is 1.08 bits per heavy atom. The van der Waals surface area contributed by atoms with Crippen molar-refractivity contribution in [1.29, 1.82) is 0 Å². The van der Waals surface area contributed by atoms with E-state index in [1.807, 2.05) is 0 Å². The molecule has 2 aliphatic rings. The van der Waals surface area contributed by atoms with Crippen LogP contribution in [0.1, 0.15) is 61.3 Å². The van der Waals surface area contributed by atoms with Gasteiger partial charge in [0.1, 0.15) is 0 Å². The molecule has 1 fully saturated rings. The van der Waals surface area contributed by atoms with Gasteiger partial charge in [0, 0.05) is 17.8 Å². The van der Waals surface area contributed by atoms with E-state index in [2.05, 4.69) is 80.6 Å². The molecule has 0 aromatic carbocycles. The van der Waals surface area contributed by atoms with E-state index < -0.39 is 23.4 Å². The fraction of sp³-hybridized carbons (Fsp3) is 0.895. The summed E-state index contributed by atoms with van der Waals surface area (Å²) >= 11 is 0. The second-order valence-corrected chi connectivity index (χ2v) is 19.7. The number of allylic oxidation sites excluding steroid dienone is 1. The third-order valence-electron chi connectivity index (χ3n) is 6.86. The predicted octanol–water partition coefficient (Wildman–Crippen LogP) is 5.57. The highest BCUT2D eigenvalue weighted by Gasteiger charge is 2.56. The molecular formula is C19H40BO4Si2-. The zero-order valence-electron chi connectivity index (χ0n) is 18.9. The highest BCUT2D eigenvalue weighted by Crippen LogP contribution is 2.47. The number of rotatable bonds is 5. The molecule has 4 nitrogen and oxygen atoms in total. The van der Waals surface area contributed by atoms with Crippen molar-refractivity contribution < 1.29 is 18.1 Å². The molecule has 0 saturated carbocycles. The first-order chi connectivity index (χ1) is 11.4. The van der Waals surface area contributed by atoms with Crippen LogP contribution >= 0.6 is 0 Å². The van der Waals surface area contributed by atoms with Crippen molar-refractivity contribution in [3.63, 3.8) is 0 Å². The maximum absolute atomic E-state index is 6.47. The zero-order valence-corrected chi connectivity index (χ0v) is 20.9. The Kier molecular flexibility index (Phi) is 5.64. The quantitative estimate of drug-likeness (QED) is 0.447. The second kappa shape index (κ2) is 6.56. The lowest BCUT2D eigenvalue weighted by atomic mass is 9.78. The van der Waals surface area contributed by atoms with Crippen LogP contribution in [0.3, 0.4) is 0 Å². The standard InChI is InChI=1S/C19H40BO4Si2/c1-17(2,3)26(10,11)21-14-12-13-16-15-20(24-25(16,8)9)22-18(4,5)19(6,7)23-20/h15H,12-14H2,1-11H3/q-1. The molecule has 0 N–H and O–H groups in total. The first-order valence-corrected chi connectivity index (χ1v) is 15.9. The fourth-order valence-electron chi connectivity index (χ4n) is 3.40. The van der Waals surface area contributed by atoms with Crippen molar-refractivity contribution in [2.75, 3.05) is 6.61 Å². The summed E-state index contributed by atoms with van der Waals surface area (Å²) < 4.78 is 25.5. The highest BCUT2D eigenvalue weighted by molar-refractivity contribution is 6.92. The molecule has 0 aromatic rings. The maximum atomic E-state index is 6.47. The molecule has 7 heteroatoms. The van der Waals surface area contributed by atoms with Crippen LogP contribution in [0, 0.1) is 0 Å². The Balaban J connectivity index is 2.01. The molecule has 1 saturated heterocycles. The molecule has 0 aromatic heterocycles. The van der Waals surface area contributed by atoms with Crippen molar-refractivity contribution in [2.24, 2.45) is 0 Å². The fourth-order valence-corrected chi connectivity index (χ4v) is 7.01. The van der Waals surface area contributed by atoms with Gasteiger partial charge < -0.3 is 18.1 Å². The van der Waals surface area contributed by atoms with Crippen LogP contribution in [0.4, 0.5) is 0 Å². The van der Waals surface area contributed by atoms with Crippen LogP contribution in [-0.4, -0.2) is 41.2 Å². The summed E-state index contributed by atoms with van der Waals surface area (Å²) in [5.74, 6) is 2.18. The Bertz CT molecular complexity index is 561. The van der Waals surface area contributed by atoms with Gasteiger partial charge in [-0.25, -0.2) is 0 Å². The molecule has 0 radical (unpaired) electrons. The molecule has 0 bridgehead atoms. The van der Waals surface area contributed by atoms with Crippen LogP contribution in [0.2, 0.25) is 31.2 Å². The van der Waals surface area contributed by atoms with Crippen LogP contribution < -0.4 is 0 Å². The van der Waals surface area contributed by atoms with E-state index in [1.165, 1.54) is 5.20 Å². The van der Waals surface area contributed by atoms with Gasteiger partial charge in [0.15, 0.2) is 16.6 Å². The molecule has 2 rings (SSSR count). The summed E-state index contributed by atoms with van der Waals surface area (Å²) in [6.45, 7) is 23.4. The van der Waals surface area contributed by atoms with Gasteiger partial charge in [-0.1, -0.05) is 26.0 Å². The molecule has 0 aliphatic carbocycles. The molecule has 2 heterocycles. The van der Waals surface area contributed by atoms with Gasteiger partial charge in [-0.2, -0.15) is 5.98 Å². The van der Waals surface area contributed by atoms with E-state index >= 15 is 0 Å². The predicted molar refractivity (Wildman–Crippen MR) is 115 cm³/mol. The van der Waals surface area contributed by atoms with Crippen molar-refractivity contribution in [1.82, 2.24) is 0 Å².